The van der Waals surface area contributed by atoms with Crippen molar-refractivity contribution in [3.63, 3.8) is 0 Å². The Morgan fingerprint density at radius 1 is 1.38 bits per heavy atom. The van der Waals surface area contributed by atoms with Gasteiger partial charge in [0.25, 0.3) is 5.97 Å². The highest BCUT2D eigenvalue weighted by Crippen LogP contribution is 2.19. The molecule has 1 aliphatic heterocycles. The third kappa shape index (κ3) is 7.69. The number of nitrogens with zero attached hydrogens (tertiary/aromatic N) is 1. The SMILES string of the molecule is CC(=O)O.CCCCN1CCCCC1CC. The van der Waals surface area contributed by atoms with E-state index in [1.54, 1.807) is 0 Å². The Hall–Kier alpha value is -0.570. The summed E-state index contributed by atoms with van der Waals surface area (Å²) in [5.41, 5.74) is 0. The van der Waals surface area contributed by atoms with Crippen molar-refractivity contribution in [3.8, 4) is 0 Å². The molecule has 0 saturated carbocycles. The molecule has 1 unspecified atom stereocenters. The first-order valence-electron chi connectivity index (χ1n) is 6.55. The third-order valence-electron chi connectivity index (χ3n) is 3.02. The standard InChI is InChI=1S/C11H23N.C2H4O2/c1-3-5-9-12-10-7-6-8-11(12)4-2;1-2(3)4/h11H,3-10H2,1-2H3;1H3,(H,3,4). The fraction of sp³-hybridized carbons (Fsp3) is 0.923. The van der Waals surface area contributed by atoms with Crippen LogP contribution in [0, 0.1) is 0 Å². The van der Waals surface area contributed by atoms with Gasteiger partial charge in [0.2, 0.25) is 0 Å². The zero-order valence-electron chi connectivity index (χ0n) is 11.0. The second kappa shape index (κ2) is 9.64. The summed E-state index contributed by atoms with van der Waals surface area (Å²) in [5.74, 6) is -0.833. The minimum atomic E-state index is -0.833. The van der Waals surface area contributed by atoms with Crippen LogP contribution < -0.4 is 0 Å². The molecule has 3 heteroatoms. The van der Waals surface area contributed by atoms with Gasteiger partial charge in [-0.05, 0) is 38.8 Å². The summed E-state index contributed by atoms with van der Waals surface area (Å²) < 4.78 is 0. The van der Waals surface area contributed by atoms with E-state index >= 15 is 0 Å². The summed E-state index contributed by atoms with van der Waals surface area (Å²) in [7, 11) is 0. The van der Waals surface area contributed by atoms with Gasteiger partial charge in [0.05, 0.1) is 0 Å². The molecule has 0 amide bonds. The second-order valence-corrected chi connectivity index (χ2v) is 4.47. The molecular formula is C13H27NO2. The normalized spacial score (nSPS) is 21.1. The number of hydrogen-bond acceptors (Lipinski definition) is 2. The van der Waals surface area contributed by atoms with E-state index in [0.717, 1.165) is 13.0 Å². The molecule has 1 saturated heterocycles. The van der Waals surface area contributed by atoms with Crippen molar-refractivity contribution in [1.82, 2.24) is 4.90 Å². The number of hydrogen-bond donors (Lipinski definition) is 1. The van der Waals surface area contributed by atoms with E-state index in [1.165, 1.54) is 51.6 Å². The first-order chi connectivity index (χ1) is 7.61. The van der Waals surface area contributed by atoms with Crippen LogP contribution in [0.3, 0.4) is 0 Å². The molecule has 1 atom stereocenters. The zero-order valence-corrected chi connectivity index (χ0v) is 11.0. The topological polar surface area (TPSA) is 40.5 Å². The molecule has 1 fully saturated rings. The Bertz CT molecular complexity index is 179. The van der Waals surface area contributed by atoms with Gasteiger partial charge in [-0.25, -0.2) is 0 Å². The van der Waals surface area contributed by atoms with Crippen LogP contribution in [0.1, 0.15) is 59.3 Å². The van der Waals surface area contributed by atoms with E-state index in [2.05, 4.69) is 18.7 Å². The van der Waals surface area contributed by atoms with Crippen LogP contribution in [0.15, 0.2) is 0 Å². The smallest absolute Gasteiger partial charge is 0.300 e. The lowest BCUT2D eigenvalue weighted by Crippen LogP contribution is -2.39. The highest BCUT2D eigenvalue weighted by atomic mass is 16.4. The van der Waals surface area contributed by atoms with Gasteiger partial charge in [0.15, 0.2) is 0 Å². The Kier molecular flexibility index (Phi) is 9.30. The van der Waals surface area contributed by atoms with Gasteiger partial charge in [-0.3, -0.25) is 4.79 Å². The maximum atomic E-state index is 9.00. The maximum Gasteiger partial charge on any atom is 0.300 e. The highest BCUT2D eigenvalue weighted by Gasteiger charge is 2.19. The van der Waals surface area contributed by atoms with E-state index in [1.807, 2.05) is 0 Å². The van der Waals surface area contributed by atoms with Crippen molar-refractivity contribution in [2.45, 2.75) is 65.3 Å². The lowest BCUT2D eigenvalue weighted by molar-refractivity contribution is -0.134. The molecule has 0 radical (unpaired) electrons. The molecule has 16 heavy (non-hydrogen) atoms. The van der Waals surface area contributed by atoms with Gasteiger partial charge in [0.1, 0.15) is 0 Å². The fourth-order valence-electron chi connectivity index (χ4n) is 2.18. The Labute approximate surface area is 99.8 Å². The van der Waals surface area contributed by atoms with Crippen molar-refractivity contribution in [2.75, 3.05) is 13.1 Å². The average Bonchev–Trinajstić information content (AvgIpc) is 2.26. The number of rotatable bonds is 4. The van der Waals surface area contributed by atoms with Gasteiger partial charge < -0.3 is 10.0 Å². The van der Waals surface area contributed by atoms with Crippen LogP contribution in [0.2, 0.25) is 0 Å². The van der Waals surface area contributed by atoms with E-state index in [-0.39, 0.29) is 0 Å². The van der Waals surface area contributed by atoms with Crippen LogP contribution in [0.25, 0.3) is 0 Å². The minimum Gasteiger partial charge on any atom is -0.481 e. The monoisotopic (exact) mass is 229 g/mol. The van der Waals surface area contributed by atoms with Gasteiger partial charge in [-0.2, -0.15) is 0 Å². The van der Waals surface area contributed by atoms with Crippen LogP contribution in [0.5, 0.6) is 0 Å². The highest BCUT2D eigenvalue weighted by molar-refractivity contribution is 5.62. The molecule has 0 spiro atoms. The predicted octanol–water partition coefficient (Wildman–Crippen LogP) is 3.14. The average molecular weight is 229 g/mol. The predicted molar refractivity (Wildman–Crippen MR) is 67.7 cm³/mol. The van der Waals surface area contributed by atoms with Gasteiger partial charge in [-0.1, -0.05) is 26.7 Å². The van der Waals surface area contributed by atoms with Gasteiger partial charge >= 0.3 is 0 Å². The first kappa shape index (κ1) is 15.4. The molecule has 0 aromatic heterocycles. The van der Waals surface area contributed by atoms with Crippen molar-refractivity contribution >= 4 is 5.97 Å². The van der Waals surface area contributed by atoms with E-state index in [4.69, 9.17) is 9.90 Å². The summed E-state index contributed by atoms with van der Waals surface area (Å²) in [6, 6.07) is 0.908. The Morgan fingerprint density at radius 3 is 2.50 bits per heavy atom. The molecule has 0 aliphatic carbocycles. The fourth-order valence-corrected chi connectivity index (χ4v) is 2.18. The molecule has 96 valence electrons. The Morgan fingerprint density at radius 2 is 2.00 bits per heavy atom. The zero-order chi connectivity index (χ0) is 12.4. The number of piperidine rings is 1. The summed E-state index contributed by atoms with van der Waals surface area (Å²) in [6.45, 7) is 8.40. The van der Waals surface area contributed by atoms with Crippen molar-refractivity contribution in [3.05, 3.63) is 0 Å². The van der Waals surface area contributed by atoms with E-state index < -0.39 is 5.97 Å². The van der Waals surface area contributed by atoms with Crippen LogP contribution in [-0.2, 0) is 4.79 Å². The summed E-state index contributed by atoms with van der Waals surface area (Å²) in [5, 5.41) is 7.42. The van der Waals surface area contributed by atoms with Crippen molar-refractivity contribution < 1.29 is 9.90 Å². The molecule has 1 heterocycles. The van der Waals surface area contributed by atoms with Crippen LogP contribution in [-0.4, -0.2) is 35.1 Å². The largest absolute Gasteiger partial charge is 0.481 e. The lowest BCUT2D eigenvalue weighted by Gasteiger charge is -2.35. The molecule has 1 aliphatic rings. The Balaban J connectivity index is 0.000000487. The van der Waals surface area contributed by atoms with Crippen molar-refractivity contribution in [1.29, 1.82) is 0 Å². The quantitative estimate of drug-likeness (QED) is 0.805. The molecule has 0 aromatic rings. The summed E-state index contributed by atoms with van der Waals surface area (Å²) in [6.07, 6.45) is 8.41. The number of carboxylic acids is 1. The molecular weight excluding hydrogens is 202 g/mol. The second-order valence-electron chi connectivity index (χ2n) is 4.47. The van der Waals surface area contributed by atoms with Crippen LogP contribution >= 0.6 is 0 Å². The number of carbonyl (C=O) groups is 1. The maximum absolute atomic E-state index is 9.00. The summed E-state index contributed by atoms with van der Waals surface area (Å²) >= 11 is 0. The molecule has 3 nitrogen and oxygen atoms in total. The number of carboxylic acid groups (broad SMARTS) is 1. The lowest BCUT2D eigenvalue weighted by atomic mass is 10.00. The first-order valence-corrected chi connectivity index (χ1v) is 6.55. The van der Waals surface area contributed by atoms with Crippen molar-refractivity contribution in [2.24, 2.45) is 0 Å². The van der Waals surface area contributed by atoms with Crippen LogP contribution in [0.4, 0.5) is 0 Å². The summed E-state index contributed by atoms with van der Waals surface area (Å²) in [4.78, 5) is 11.7. The number of likely N-dealkylation sites (tertiary alicyclic amines) is 1. The molecule has 1 rings (SSSR count). The van der Waals surface area contributed by atoms with Gasteiger partial charge in [0, 0.05) is 13.0 Å². The van der Waals surface area contributed by atoms with E-state index in [9.17, 15) is 0 Å². The van der Waals surface area contributed by atoms with Gasteiger partial charge in [-0.15, -0.1) is 0 Å². The molecule has 1 N–H and O–H groups in total. The minimum absolute atomic E-state index is 0.833. The molecule has 0 aromatic carbocycles. The number of unbranched alkanes of at least 4 members (excludes halogenated alkanes) is 1. The van der Waals surface area contributed by atoms with E-state index in [0.29, 0.717) is 0 Å². The third-order valence-corrected chi connectivity index (χ3v) is 3.02. The molecule has 0 bridgehead atoms. The number of aliphatic carboxylic acids is 1.